The smallest absolute Gasteiger partial charge is 0.140 e. The third-order valence-corrected chi connectivity index (χ3v) is 4.01. The standard InChI is InChI=1S/C17H28N4/c1-4-9-18-13-15-14-21(12-11-20(5-2)6-3)17-16(15)8-7-10-19-17/h7-8,10,14,18H,4-6,9,11-13H2,1-3H3. The first-order valence-corrected chi connectivity index (χ1v) is 8.15. The Balaban J connectivity index is 2.15. The second-order valence-electron chi connectivity index (χ2n) is 5.43. The minimum absolute atomic E-state index is 0.925. The molecule has 0 fully saturated rings. The maximum absolute atomic E-state index is 4.58. The molecule has 2 heterocycles. The average molecular weight is 288 g/mol. The molecule has 21 heavy (non-hydrogen) atoms. The Morgan fingerprint density at radius 3 is 2.76 bits per heavy atom. The molecule has 2 aromatic rings. The van der Waals surface area contributed by atoms with E-state index in [1.807, 2.05) is 12.3 Å². The van der Waals surface area contributed by atoms with Gasteiger partial charge in [-0.15, -0.1) is 0 Å². The zero-order chi connectivity index (χ0) is 15.1. The van der Waals surface area contributed by atoms with Gasteiger partial charge in [-0.25, -0.2) is 4.98 Å². The van der Waals surface area contributed by atoms with Crippen LogP contribution in [-0.4, -0.2) is 40.6 Å². The van der Waals surface area contributed by atoms with E-state index in [9.17, 15) is 0 Å². The second kappa shape index (κ2) is 8.15. The minimum atomic E-state index is 0.925. The van der Waals surface area contributed by atoms with Crippen molar-refractivity contribution in [1.82, 2.24) is 19.8 Å². The Morgan fingerprint density at radius 1 is 1.24 bits per heavy atom. The van der Waals surface area contributed by atoms with Gasteiger partial charge in [-0.05, 0) is 43.8 Å². The van der Waals surface area contributed by atoms with Crippen molar-refractivity contribution in [3.8, 4) is 0 Å². The number of rotatable bonds is 9. The molecular formula is C17H28N4. The van der Waals surface area contributed by atoms with Crippen molar-refractivity contribution in [1.29, 1.82) is 0 Å². The lowest BCUT2D eigenvalue weighted by molar-refractivity contribution is 0.292. The van der Waals surface area contributed by atoms with Crippen molar-refractivity contribution in [2.24, 2.45) is 0 Å². The summed E-state index contributed by atoms with van der Waals surface area (Å²) >= 11 is 0. The SMILES string of the molecule is CCCNCc1cn(CCN(CC)CC)c2ncccc12. The average Bonchev–Trinajstić information content (AvgIpc) is 2.87. The lowest BCUT2D eigenvalue weighted by Gasteiger charge is -2.18. The van der Waals surface area contributed by atoms with E-state index >= 15 is 0 Å². The van der Waals surface area contributed by atoms with Crippen LogP contribution < -0.4 is 5.32 Å². The van der Waals surface area contributed by atoms with Gasteiger partial charge in [0.15, 0.2) is 0 Å². The Labute approximate surface area is 128 Å². The Kier molecular flexibility index (Phi) is 6.21. The number of pyridine rings is 1. The van der Waals surface area contributed by atoms with E-state index in [1.54, 1.807) is 0 Å². The molecule has 1 N–H and O–H groups in total. The van der Waals surface area contributed by atoms with E-state index in [0.29, 0.717) is 0 Å². The van der Waals surface area contributed by atoms with Crippen molar-refractivity contribution >= 4 is 11.0 Å². The summed E-state index contributed by atoms with van der Waals surface area (Å²) in [6.45, 7) is 12.9. The Morgan fingerprint density at radius 2 is 2.05 bits per heavy atom. The Bertz CT molecular complexity index is 543. The highest BCUT2D eigenvalue weighted by atomic mass is 15.1. The van der Waals surface area contributed by atoms with Gasteiger partial charge in [-0.1, -0.05) is 20.8 Å². The summed E-state index contributed by atoms with van der Waals surface area (Å²) < 4.78 is 2.30. The van der Waals surface area contributed by atoms with Gasteiger partial charge in [0.1, 0.15) is 5.65 Å². The molecule has 0 amide bonds. The zero-order valence-electron chi connectivity index (χ0n) is 13.6. The number of nitrogens with zero attached hydrogens (tertiary/aromatic N) is 3. The molecule has 4 nitrogen and oxygen atoms in total. The molecule has 0 aliphatic heterocycles. The fraction of sp³-hybridized carbons (Fsp3) is 0.588. The lowest BCUT2D eigenvalue weighted by Crippen LogP contribution is -2.26. The van der Waals surface area contributed by atoms with Gasteiger partial charge >= 0.3 is 0 Å². The number of likely N-dealkylation sites (N-methyl/N-ethyl adjacent to an activating group) is 1. The van der Waals surface area contributed by atoms with Crippen LogP contribution in [0.25, 0.3) is 11.0 Å². The van der Waals surface area contributed by atoms with Crippen LogP contribution in [0.3, 0.4) is 0 Å². The van der Waals surface area contributed by atoms with Gasteiger partial charge in [0, 0.05) is 37.4 Å². The van der Waals surface area contributed by atoms with Crippen LogP contribution >= 0.6 is 0 Å². The second-order valence-corrected chi connectivity index (χ2v) is 5.43. The van der Waals surface area contributed by atoms with Gasteiger partial charge in [0.2, 0.25) is 0 Å². The number of hydrogen-bond donors (Lipinski definition) is 1. The van der Waals surface area contributed by atoms with Gasteiger partial charge in [-0.3, -0.25) is 0 Å². The highest BCUT2D eigenvalue weighted by Crippen LogP contribution is 2.19. The fourth-order valence-electron chi connectivity index (χ4n) is 2.70. The fourth-order valence-corrected chi connectivity index (χ4v) is 2.70. The normalized spacial score (nSPS) is 11.6. The van der Waals surface area contributed by atoms with Crippen LogP contribution in [0.2, 0.25) is 0 Å². The topological polar surface area (TPSA) is 33.1 Å². The summed E-state index contributed by atoms with van der Waals surface area (Å²) in [7, 11) is 0. The summed E-state index contributed by atoms with van der Waals surface area (Å²) in [5.74, 6) is 0. The molecule has 4 heteroatoms. The molecular weight excluding hydrogens is 260 g/mol. The first-order valence-electron chi connectivity index (χ1n) is 8.15. The van der Waals surface area contributed by atoms with Gasteiger partial charge in [-0.2, -0.15) is 0 Å². The summed E-state index contributed by atoms with van der Waals surface area (Å²) in [6.07, 6.45) is 5.32. The van der Waals surface area contributed by atoms with E-state index in [2.05, 4.69) is 52.8 Å². The van der Waals surface area contributed by atoms with Crippen LogP contribution in [-0.2, 0) is 13.1 Å². The van der Waals surface area contributed by atoms with Crippen molar-refractivity contribution in [3.05, 3.63) is 30.1 Å². The van der Waals surface area contributed by atoms with Crippen molar-refractivity contribution < 1.29 is 0 Å². The van der Waals surface area contributed by atoms with Crippen LogP contribution in [0, 0.1) is 0 Å². The Hall–Kier alpha value is -1.39. The maximum atomic E-state index is 4.58. The first-order chi connectivity index (χ1) is 10.3. The predicted molar refractivity (Wildman–Crippen MR) is 89.5 cm³/mol. The molecule has 0 spiro atoms. The van der Waals surface area contributed by atoms with Crippen LogP contribution in [0.1, 0.15) is 32.8 Å². The lowest BCUT2D eigenvalue weighted by atomic mass is 10.2. The third-order valence-electron chi connectivity index (χ3n) is 4.01. The minimum Gasteiger partial charge on any atom is -0.331 e. The van der Waals surface area contributed by atoms with E-state index in [0.717, 1.165) is 44.9 Å². The van der Waals surface area contributed by atoms with Crippen LogP contribution in [0.15, 0.2) is 24.5 Å². The van der Waals surface area contributed by atoms with E-state index in [-0.39, 0.29) is 0 Å². The number of fused-ring (bicyclic) bond motifs is 1. The molecule has 2 rings (SSSR count). The third kappa shape index (κ3) is 4.05. The number of aromatic nitrogens is 2. The van der Waals surface area contributed by atoms with E-state index in [1.165, 1.54) is 17.4 Å². The molecule has 2 aromatic heterocycles. The van der Waals surface area contributed by atoms with Crippen molar-refractivity contribution in [2.75, 3.05) is 26.2 Å². The van der Waals surface area contributed by atoms with Gasteiger partial charge in [0.25, 0.3) is 0 Å². The molecule has 0 bridgehead atoms. The van der Waals surface area contributed by atoms with Crippen LogP contribution in [0.4, 0.5) is 0 Å². The van der Waals surface area contributed by atoms with Crippen molar-refractivity contribution in [2.45, 2.75) is 40.3 Å². The van der Waals surface area contributed by atoms with Gasteiger partial charge < -0.3 is 14.8 Å². The summed E-state index contributed by atoms with van der Waals surface area (Å²) in [5, 5.41) is 4.77. The quantitative estimate of drug-likeness (QED) is 0.720. The summed E-state index contributed by atoms with van der Waals surface area (Å²) in [4.78, 5) is 7.02. The van der Waals surface area contributed by atoms with Crippen LogP contribution in [0.5, 0.6) is 0 Å². The monoisotopic (exact) mass is 288 g/mol. The molecule has 116 valence electrons. The molecule has 0 unspecified atom stereocenters. The maximum Gasteiger partial charge on any atom is 0.140 e. The summed E-state index contributed by atoms with van der Waals surface area (Å²) in [5.41, 5.74) is 2.46. The summed E-state index contributed by atoms with van der Waals surface area (Å²) in [6, 6.07) is 4.21. The molecule has 0 saturated carbocycles. The molecule has 0 aliphatic carbocycles. The highest BCUT2D eigenvalue weighted by molar-refractivity contribution is 5.80. The highest BCUT2D eigenvalue weighted by Gasteiger charge is 2.09. The van der Waals surface area contributed by atoms with E-state index < -0.39 is 0 Å². The largest absolute Gasteiger partial charge is 0.331 e. The molecule has 0 atom stereocenters. The number of nitrogens with one attached hydrogen (secondary N) is 1. The van der Waals surface area contributed by atoms with Crippen molar-refractivity contribution in [3.63, 3.8) is 0 Å². The number of hydrogen-bond acceptors (Lipinski definition) is 3. The molecule has 0 saturated heterocycles. The molecule has 0 aliphatic rings. The zero-order valence-corrected chi connectivity index (χ0v) is 13.6. The van der Waals surface area contributed by atoms with Gasteiger partial charge in [0.05, 0.1) is 0 Å². The predicted octanol–water partition coefficient (Wildman–Crippen LogP) is 2.88. The molecule has 0 radical (unpaired) electrons. The molecule has 0 aromatic carbocycles. The first kappa shape index (κ1) is 16.0. The van der Waals surface area contributed by atoms with E-state index in [4.69, 9.17) is 0 Å².